The molecule has 0 aliphatic rings. The second-order valence-corrected chi connectivity index (χ2v) is 4.94. The molecule has 24 heavy (non-hydrogen) atoms. The Bertz CT molecular complexity index is 814. The van der Waals surface area contributed by atoms with Crippen molar-refractivity contribution >= 4 is 22.8 Å². The first kappa shape index (κ1) is 17.2. The lowest BCUT2D eigenvalue weighted by Gasteiger charge is -2.03. The van der Waals surface area contributed by atoms with Crippen LogP contribution in [0.2, 0.25) is 0 Å². The van der Waals surface area contributed by atoms with Crippen molar-refractivity contribution in [3.8, 4) is 0 Å². The summed E-state index contributed by atoms with van der Waals surface area (Å²) >= 11 is 0. The van der Waals surface area contributed by atoms with Crippen molar-refractivity contribution in [3.05, 3.63) is 48.2 Å². The summed E-state index contributed by atoms with van der Waals surface area (Å²) in [6, 6.07) is 6.40. The smallest absolute Gasteiger partial charge is 0.414 e. The molecule has 0 saturated carbocycles. The minimum Gasteiger partial charge on any atom is -0.473 e. The lowest BCUT2D eigenvalue weighted by atomic mass is 10.1. The number of aromatic nitrogens is 4. The largest absolute Gasteiger partial charge is 0.473 e. The highest BCUT2D eigenvalue weighted by Crippen LogP contribution is 2.20. The Hall–Kier alpha value is -3.20. The summed E-state index contributed by atoms with van der Waals surface area (Å²) in [5, 5.41) is 20.1. The number of rotatable bonds is 4. The van der Waals surface area contributed by atoms with Gasteiger partial charge in [-0.3, -0.25) is 0 Å². The molecule has 0 saturated heterocycles. The van der Waals surface area contributed by atoms with Gasteiger partial charge in [0, 0.05) is 17.1 Å². The Morgan fingerprint density at radius 3 is 2.58 bits per heavy atom. The van der Waals surface area contributed by atoms with E-state index in [1.165, 1.54) is 16.5 Å². The van der Waals surface area contributed by atoms with Crippen LogP contribution in [0.4, 0.5) is 0 Å². The maximum absolute atomic E-state index is 9.10. The molecule has 3 rings (SSSR count). The van der Waals surface area contributed by atoms with Crippen molar-refractivity contribution in [2.45, 2.75) is 13.0 Å². The molecule has 0 radical (unpaired) electrons. The van der Waals surface area contributed by atoms with Gasteiger partial charge in [-0.2, -0.15) is 5.10 Å². The van der Waals surface area contributed by atoms with E-state index in [1.54, 1.807) is 12.7 Å². The van der Waals surface area contributed by atoms with E-state index in [-0.39, 0.29) is 0 Å². The van der Waals surface area contributed by atoms with Gasteiger partial charge in [-0.05, 0) is 36.2 Å². The zero-order valence-corrected chi connectivity index (χ0v) is 12.7. The van der Waals surface area contributed by atoms with E-state index in [4.69, 9.17) is 25.5 Å². The van der Waals surface area contributed by atoms with Crippen LogP contribution < -0.4 is 5.73 Å². The SMILES string of the molecule is NCCc1c[nH]c2ccc(Cn3cncn3)cc12.O=C(O)C(=O)O. The molecule has 9 nitrogen and oxygen atoms in total. The van der Waals surface area contributed by atoms with Crippen LogP contribution in [0, 0.1) is 0 Å². The van der Waals surface area contributed by atoms with Crippen LogP contribution in [0.1, 0.15) is 11.1 Å². The summed E-state index contributed by atoms with van der Waals surface area (Å²) in [5.41, 5.74) is 9.26. The van der Waals surface area contributed by atoms with E-state index in [2.05, 4.69) is 33.3 Å². The molecule has 0 spiro atoms. The van der Waals surface area contributed by atoms with Gasteiger partial charge < -0.3 is 20.9 Å². The van der Waals surface area contributed by atoms with Gasteiger partial charge in [0.2, 0.25) is 0 Å². The Balaban J connectivity index is 0.000000301. The third kappa shape index (κ3) is 4.40. The summed E-state index contributed by atoms with van der Waals surface area (Å²) in [7, 11) is 0. The zero-order valence-electron chi connectivity index (χ0n) is 12.7. The fourth-order valence-corrected chi connectivity index (χ4v) is 2.19. The Morgan fingerprint density at radius 1 is 1.25 bits per heavy atom. The Kier molecular flexibility index (Phi) is 5.63. The van der Waals surface area contributed by atoms with Crippen LogP contribution >= 0.6 is 0 Å². The number of carboxylic acid groups (broad SMARTS) is 2. The number of aromatic amines is 1. The molecule has 0 bridgehead atoms. The van der Waals surface area contributed by atoms with Crippen LogP contribution in [-0.2, 0) is 22.6 Å². The number of hydrogen-bond acceptors (Lipinski definition) is 5. The number of carbonyl (C=O) groups is 2. The number of hydrogen-bond donors (Lipinski definition) is 4. The monoisotopic (exact) mass is 331 g/mol. The molecular formula is C15H17N5O4. The van der Waals surface area contributed by atoms with Gasteiger partial charge in [0.15, 0.2) is 0 Å². The normalized spacial score (nSPS) is 10.2. The molecule has 9 heteroatoms. The average Bonchev–Trinajstić information content (AvgIpc) is 3.19. The van der Waals surface area contributed by atoms with E-state index in [1.807, 2.05) is 10.9 Å². The van der Waals surface area contributed by atoms with Gasteiger partial charge in [-0.1, -0.05) is 6.07 Å². The third-order valence-electron chi connectivity index (χ3n) is 3.24. The van der Waals surface area contributed by atoms with Crippen LogP contribution in [0.5, 0.6) is 0 Å². The standard InChI is InChI=1S/C13H15N5.C2H2O4/c14-4-3-11-6-16-13-2-1-10(5-12(11)13)7-18-9-15-8-17-18;3-1(4)2(5)6/h1-2,5-6,8-9,16H,3-4,7,14H2;(H,3,4)(H,5,6). The number of fused-ring (bicyclic) bond motifs is 1. The van der Waals surface area contributed by atoms with Gasteiger partial charge in [-0.15, -0.1) is 0 Å². The quantitative estimate of drug-likeness (QED) is 0.508. The second kappa shape index (κ2) is 7.88. The van der Waals surface area contributed by atoms with Crippen molar-refractivity contribution < 1.29 is 19.8 Å². The number of nitrogens with two attached hydrogens (primary N) is 1. The Morgan fingerprint density at radius 2 is 2.00 bits per heavy atom. The van der Waals surface area contributed by atoms with Gasteiger partial charge in [-0.25, -0.2) is 19.3 Å². The van der Waals surface area contributed by atoms with Crippen molar-refractivity contribution in [2.75, 3.05) is 6.54 Å². The molecule has 0 unspecified atom stereocenters. The van der Waals surface area contributed by atoms with Crippen LogP contribution in [0.15, 0.2) is 37.1 Å². The first-order chi connectivity index (χ1) is 11.5. The fraction of sp³-hybridized carbons (Fsp3) is 0.200. The summed E-state index contributed by atoms with van der Waals surface area (Å²) in [5.74, 6) is -3.65. The molecule has 0 atom stereocenters. The third-order valence-corrected chi connectivity index (χ3v) is 3.24. The number of H-pyrrole nitrogens is 1. The summed E-state index contributed by atoms with van der Waals surface area (Å²) in [4.78, 5) is 25.4. The first-order valence-corrected chi connectivity index (χ1v) is 7.09. The van der Waals surface area contributed by atoms with Crippen molar-refractivity contribution in [1.29, 1.82) is 0 Å². The second-order valence-electron chi connectivity index (χ2n) is 4.94. The van der Waals surface area contributed by atoms with E-state index < -0.39 is 11.9 Å². The van der Waals surface area contributed by atoms with Crippen molar-refractivity contribution in [2.24, 2.45) is 5.73 Å². The fourth-order valence-electron chi connectivity index (χ4n) is 2.19. The van der Waals surface area contributed by atoms with Gasteiger partial charge in [0.1, 0.15) is 12.7 Å². The van der Waals surface area contributed by atoms with E-state index >= 15 is 0 Å². The molecule has 3 aromatic rings. The molecule has 2 aromatic heterocycles. The molecule has 5 N–H and O–H groups in total. The van der Waals surface area contributed by atoms with Crippen LogP contribution in [0.25, 0.3) is 10.9 Å². The van der Waals surface area contributed by atoms with E-state index in [0.29, 0.717) is 6.54 Å². The molecule has 0 aliphatic heterocycles. The molecule has 0 aliphatic carbocycles. The summed E-state index contributed by atoms with van der Waals surface area (Å²) < 4.78 is 1.82. The lowest BCUT2D eigenvalue weighted by Crippen LogP contribution is -2.09. The predicted octanol–water partition coefficient (Wildman–Crippen LogP) is 0.464. The van der Waals surface area contributed by atoms with Crippen molar-refractivity contribution in [3.63, 3.8) is 0 Å². The highest BCUT2D eigenvalue weighted by atomic mass is 16.4. The molecule has 126 valence electrons. The first-order valence-electron chi connectivity index (χ1n) is 7.09. The molecule has 1 aromatic carbocycles. The zero-order chi connectivity index (χ0) is 17.5. The number of benzene rings is 1. The number of nitrogens with zero attached hydrogens (tertiary/aromatic N) is 3. The van der Waals surface area contributed by atoms with Crippen molar-refractivity contribution in [1.82, 2.24) is 19.7 Å². The number of aliphatic carboxylic acids is 2. The molecule has 0 fully saturated rings. The highest BCUT2D eigenvalue weighted by Gasteiger charge is 2.05. The van der Waals surface area contributed by atoms with Gasteiger partial charge in [0.25, 0.3) is 0 Å². The predicted molar refractivity (Wildman–Crippen MR) is 85.5 cm³/mol. The molecular weight excluding hydrogens is 314 g/mol. The minimum atomic E-state index is -1.82. The summed E-state index contributed by atoms with van der Waals surface area (Å²) in [6.45, 7) is 1.41. The van der Waals surface area contributed by atoms with Gasteiger partial charge in [0.05, 0.1) is 6.54 Å². The maximum atomic E-state index is 9.10. The minimum absolute atomic E-state index is 0.667. The van der Waals surface area contributed by atoms with Gasteiger partial charge >= 0.3 is 11.9 Å². The summed E-state index contributed by atoms with van der Waals surface area (Å²) in [6.07, 6.45) is 6.21. The highest BCUT2D eigenvalue weighted by molar-refractivity contribution is 6.27. The lowest BCUT2D eigenvalue weighted by molar-refractivity contribution is -0.159. The van der Waals surface area contributed by atoms with E-state index in [9.17, 15) is 0 Å². The maximum Gasteiger partial charge on any atom is 0.414 e. The average molecular weight is 331 g/mol. The number of carboxylic acids is 2. The number of nitrogens with one attached hydrogen (secondary N) is 1. The van der Waals surface area contributed by atoms with Crippen LogP contribution in [0.3, 0.4) is 0 Å². The van der Waals surface area contributed by atoms with E-state index in [0.717, 1.165) is 18.5 Å². The molecule has 2 heterocycles. The molecule has 0 amide bonds. The van der Waals surface area contributed by atoms with Crippen LogP contribution in [-0.4, -0.2) is 48.4 Å². The topological polar surface area (TPSA) is 147 Å². The Labute approximate surface area is 136 Å².